The van der Waals surface area contributed by atoms with Crippen LogP contribution in [0.4, 0.5) is 0 Å². The van der Waals surface area contributed by atoms with E-state index in [9.17, 15) is 4.79 Å². The SMILES string of the molecule is CN(CCCN)C(=O)c1cc(Br)ccc1Cl. The minimum absolute atomic E-state index is 0.0836. The van der Waals surface area contributed by atoms with E-state index in [-0.39, 0.29) is 5.91 Å². The number of nitrogens with zero attached hydrogens (tertiary/aromatic N) is 1. The van der Waals surface area contributed by atoms with Crippen LogP contribution in [0.25, 0.3) is 0 Å². The van der Waals surface area contributed by atoms with Crippen molar-refractivity contribution >= 4 is 33.4 Å². The summed E-state index contributed by atoms with van der Waals surface area (Å²) in [6.07, 6.45) is 0.786. The first kappa shape index (κ1) is 13.5. The summed E-state index contributed by atoms with van der Waals surface area (Å²) in [7, 11) is 1.75. The first-order valence-corrected chi connectivity index (χ1v) is 6.14. The molecule has 0 fully saturated rings. The van der Waals surface area contributed by atoms with E-state index in [1.807, 2.05) is 0 Å². The van der Waals surface area contributed by atoms with Crippen LogP contribution in [0, 0.1) is 0 Å². The van der Waals surface area contributed by atoms with Crippen molar-refractivity contribution in [3.8, 4) is 0 Å². The molecule has 3 nitrogen and oxygen atoms in total. The van der Waals surface area contributed by atoms with Crippen molar-refractivity contribution in [1.29, 1.82) is 0 Å². The lowest BCUT2D eigenvalue weighted by molar-refractivity contribution is 0.0794. The first-order valence-electron chi connectivity index (χ1n) is 4.97. The Labute approximate surface area is 109 Å². The van der Waals surface area contributed by atoms with Gasteiger partial charge in [0, 0.05) is 18.1 Å². The van der Waals surface area contributed by atoms with E-state index in [0.717, 1.165) is 10.9 Å². The molecule has 0 radical (unpaired) electrons. The van der Waals surface area contributed by atoms with Gasteiger partial charge in [0.25, 0.3) is 5.91 Å². The van der Waals surface area contributed by atoms with Crippen molar-refractivity contribution in [2.45, 2.75) is 6.42 Å². The highest BCUT2D eigenvalue weighted by molar-refractivity contribution is 9.10. The Morgan fingerprint density at radius 3 is 2.88 bits per heavy atom. The molecule has 0 aliphatic rings. The smallest absolute Gasteiger partial charge is 0.255 e. The van der Waals surface area contributed by atoms with Crippen LogP contribution in [-0.2, 0) is 0 Å². The standard InChI is InChI=1S/C11H14BrClN2O/c1-15(6-2-5-14)11(16)9-7-8(12)3-4-10(9)13/h3-4,7H,2,5-6,14H2,1H3. The molecule has 0 aliphatic heterocycles. The first-order chi connectivity index (χ1) is 7.56. The number of carbonyl (C=O) groups is 1. The van der Waals surface area contributed by atoms with Gasteiger partial charge in [0.15, 0.2) is 0 Å². The molecule has 0 bridgehead atoms. The molecule has 0 saturated carbocycles. The zero-order valence-corrected chi connectivity index (χ0v) is 11.4. The molecule has 88 valence electrons. The van der Waals surface area contributed by atoms with E-state index >= 15 is 0 Å². The van der Waals surface area contributed by atoms with Gasteiger partial charge in [0.2, 0.25) is 0 Å². The van der Waals surface area contributed by atoms with Gasteiger partial charge in [-0.05, 0) is 31.2 Å². The van der Waals surface area contributed by atoms with Gasteiger partial charge in [0.1, 0.15) is 0 Å². The van der Waals surface area contributed by atoms with Crippen molar-refractivity contribution < 1.29 is 4.79 Å². The van der Waals surface area contributed by atoms with Gasteiger partial charge in [-0.15, -0.1) is 0 Å². The van der Waals surface area contributed by atoms with Crippen molar-refractivity contribution in [2.24, 2.45) is 5.73 Å². The summed E-state index contributed by atoms with van der Waals surface area (Å²) in [5.41, 5.74) is 5.91. The van der Waals surface area contributed by atoms with E-state index in [1.165, 1.54) is 0 Å². The normalized spacial score (nSPS) is 10.2. The predicted octanol–water partition coefficient (Wildman–Crippen LogP) is 2.52. The molecule has 0 atom stereocenters. The summed E-state index contributed by atoms with van der Waals surface area (Å²) >= 11 is 9.29. The molecule has 16 heavy (non-hydrogen) atoms. The number of halogens is 2. The summed E-state index contributed by atoms with van der Waals surface area (Å²) in [5, 5.41) is 0.466. The molecule has 1 aromatic carbocycles. The Balaban J connectivity index is 2.83. The fraction of sp³-hybridized carbons (Fsp3) is 0.364. The lowest BCUT2D eigenvalue weighted by Crippen LogP contribution is -2.29. The molecule has 1 aromatic rings. The minimum Gasteiger partial charge on any atom is -0.342 e. The van der Waals surface area contributed by atoms with Crippen molar-refractivity contribution in [2.75, 3.05) is 20.1 Å². The van der Waals surface area contributed by atoms with Crippen LogP contribution in [0.2, 0.25) is 5.02 Å². The van der Waals surface area contributed by atoms with Crippen LogP contribution in [-0.4, -0.2) is 30.9 Å². The maximum Gasteiger partial charge on any atom is 0.255 e. The van der Waals surface area contributed by atoms with Gasteiger partial charge >= 0.3 is 0 Å². The lowest BCUT2D eigenvalue weighted by atomic mass is 10.2. The fourth-order valence-corrected chi connectivity index (χ4v) is 1.86. The largest absolute Gasteiger partial charge is 0.342 e. The Bertz CT molecular complexity index is 384. The van der Waals surface area contributed by atoms with Crippen LogP contribution in [0.3, 0.4) is 0 Å². The second-order valence-electron chi connectivity index (χ2n) is 3.49. The van der Waals surface area contributed by atoms with Gasteiger partial charge in [-0.3, -0.25) is 4.79 Å². The molecule has 5 heteroatoms. The second kappa shape index (κ2) is 6.23. The number of carbonyl (C=O) groups excluding carboxylic acids is 1. The highest BCUT2D eigenvalue weighted by Crippen LogP contribution is 2.22. The average molecular weight is 306 g/mol. The zero-order valence-electron chi connectivity index (χ0n) is 9.04. The topological polar surface area (TPSA) is 46.3 Å². The summed E-state index contributed by atoms with van der Waals surface area (Å²) in [5.74, 6) is -0.0836. The Morgan fingerprint density at radius 1 is 1.56 bits per heavy atom. The Morgan fingerprint density at radius 2 is 2.25 bits per heavy atom. The summed E-state index contributed by atoms with van der Waals surface area (Å²) in [6, 6.07) is 5.23. The highest BCUT2D eigenvalue weighted by atomic mass is 79.9. The van der Waals surface area contributed by atoms with Crippen molar-refractivity contribution in [3.05, 3.63) is 33.3 Å². The molecule has 1 amide bonds. The van der Waals surface area contributed by atoms with E-state index in [0.29, 0.717) is 23.7 Å². The van der Waals surface area contributed by atoms with Gasteiger partial charge in [0.05, 0.1) is 10.6 Å². The van der Waals surface area contributed by atoms with Gasteiger partial charge in [-0.2, -0.15) is 0 Å². The molecule has 0 unspecified atom stereocenters. The molecular formula is C11H14BrClN2O. The molecule has 2 N–H and O–H groups in total. The number of nitrogens with two attached hydrogens (primary N) is 1. The summed E-state index contributed by atoms with van der Waals surface area (Å²) in [6.45, 7) is 1.21. The molecule has 0 aromatic heterocycles. The van der Waals surface area contributed by atoms with E-state index in [4.69, 9.17) is 17.3 Å². The van der Waals surface area contributed by atoms with E-state index < -0.39 is 0 Å². The highest BCUT2D eigenvalue weighted by Gasteiger charge is 2.14. The predicted molar refractivity (Wildman–Crippen MR) is 69.8 cm³/mol. The van der Waals surface area contributed by atoms with Crippen LogP contribution >= 0.6 is 27.5 Å². The number of hydrogen-bond acceptors (Lipinski definition) is 2. The number of amides is 1. The third kappa shape index (κ3) is 3.47. The Kier molecular flexibility index (Phi) is 5.25. The molecule has 0 spiro atoms. The van der Waals surface area contributed by atoms with Gasteiger partial charge < -0.3 is 10.6 Å². The maximum atomic E-state index is 12.0. The number of hydrogen-bond donors (Lipinski definition) is 1. The summed E-state index contributed by atoms with van der Waals surface area (Å²) in [4.78, 5) is 13.6. The monoisotopic (exact) mass is 304 g/mol. The van der Waals surface area contributed by atoms with Crippen LogP contribution < -0.4 is 5.73 Å². The van der Waals surface area contributed by atoms with Crippen LogP contribution in [0.1, 0.15) is 16.8 Å². The molecule has 0 saturated heterocycles. The average Bonchev–Trinajstić information content (AvgIpc) is 2.28. The second-order valence-corrected chi connectivity index (χ2v) is 4.82. The van der Waals surface area contributed by atoms with Crippen molar-refractivity contribution in [3.63, 3.8) is 0 Å². The van der Waals surface area contributed by atoms with Gasteiger partial charge in [-0.25, -0.2) is 0 Å². The van der Waals surface area contributed by atoms with E-state index in [1.54, 1.807) is 30.1 Å². The summed E-state index contributed by atoms with van der Waals surface area (Å²) < 4.78 is 0.840. The minimum atomic E-state index is -0.0836. The van der Waals surface area contributed by atoms with E-state index in [2.05, 4.69) is 15.9 Å². The molecular weight excluding hydrogens is 291 g/mol. The number of rotatable bonds is 4. The quantitative estimate of drug-likeness (QED) is 0.929. The molecule has 0 aliphatic carbocycles. The van der Waals surface area contributed by atoms with Crippen LogP contribution in [0.15, 0.2) is 22.7 Å². The van der Waals surface area contributed by atoms with Crippen LogP contribution in [0.5, 0.6) is 0 Å². The lowest BCUT2D eigenvalue weighted by Gasteiger charge is -2.17. The fourth-order valence-electron chi connectivity index (χ4n) is 1.30. The van der Waals surface area contributed by atoms with Crippen molar-refractivity contribution in [1.82, 2.24) is 4.90 Å². The molecule has 0 heterocycles. The zero-order chi connectivity index (χ0) is 12.1. The third-order valence-electron chi connectivity index (χ3n) is 2.20. The number of benzene rings is 1. The Hall–Kier alpha value is -0.580. The van der Waals surface area contributed by atoms with Gasteiger partial charge in [-0.1, -0.05) is 27.5 Å². The maximum absolute atomic E-state index is 12.0. The third-order valence-corrected chi connectivity index (χ3v) is 3.03. The molecule has 1 rings (SSSR count).